The molecule has 0 bridgehead atoms. The molecule has 1 heterocycles. The fourth-order valence-corrected chi connectivity index (χ4v) is 2.19. The summed E-state index contributed by atoms with van der Waals surface area (Å²) in [5.74, 6) is 0. The number of nitrogens with zero attached hydrogens (tertiary/aromatic N) is 1. The monoisotopic (exact) mass is 220 g/mol. The summed E-state index contributed by atoms with van der Waals surface area (Å²) in [6.45, 7) is 9.01. The molecule has 1 saturated heterocycles. The highest BCUT2D eigenvalue weighted by molar-refractivity contribution is 5.61. The van der Waals surface area contributed by atoms with Crippen LogP contribution in [0.2, 0.25) is 0 Å². The topological polar surface area (TPSA) is 38.5 Å². The van der Waals surface area contributed by atoms with Gasteiger partial charge in [0.05, 0.1) is 12.2 Å². The SMILES string of the molecule is Cc1ccc(N)cc1N1CCOC(C)(C)C1. The summed E-state index contributed by atoms with van der Waals surface area (Å²) in [6.07, 6.45) is 0. The van der Waals surface area contributed by atoms with Crippen LogP contribution in [0, 0.1) is 6.92 Å². The first-order valence-corrected chi connectivity index (χ1v) is 5.73. The van der Waals surface area contributed by atoms with Crippen LogP contribution in [0.4, 0.5) is 11.4 Å². The van der Waals surface area contributed by atoms with Gasteiger partial charge in [-0.05, 0) is 38.5 Å². The number of benzene rings is 1. The Morgan fingerprint density at radius 3 is 2.81 bits per heavy atom. The number of ether oxygens (including phenoxy) is 1. The second kappa shape index (κ2) is 3.98. The molecule has 88 valence electrons. The molecule has 2 rings (SSSR count). The van der Waals surface area contributed by atoms with Gasteiger partial charge in [-0.15, -0.1) is 0 Å². The van der Waals surface area contributed by atoms with E-state index in [9.17, 15) is 0 Å². The first-order valence-electron chi connectivity index (χ1n) is 5.73. The lowest BCUT2D eigenvalue weighted by molar-refractivity contribution is -0.0277. The highest BCUT2D eigenvalue weighted by atomic mass is 16.5. The second-order valence-corrected chi connectivity index (χ2v) is 5.08. The van der Waals surface area contributed by atoms with E-state index in [0.717, 1.165) is 25.4 Å². The van der Waals surface area contributed by atoms with E-state index < -0.39 is 0 Å². The Balaban J connectivity index is 2.26. The zero-order valence-corrected chi connectivity index (χ0v) is 10.3. The Kier molecular flexibility index (Phi) is 2.80. The molecule has 0 aromatic heterocycles. The summed E-state index contributed by atoms with van der Waals surface area (Å²) in [4.78, 5) is 2.36. The Hall–Kier alpha value is -1.22. The number of anilines is 2. The Morgan fingerprint density at radius 1 is 1.38 bits per heavy atom. The van der Waals surface area contributed by atoms with Crippen molar-refractivity contribution in [1.29, 1.82) is 0 Å². The van der Waals surface area contributed by atoms with Gasteiger partial charge in [-0.3, -0.25) is 0 Å². The van der Waals surface area contributed by atoms with Gasteiger partial charge >= 0.3 is 0 Å². The molecular formula is C13H20N2O. The molecule has 0 aliphatic carbocycles. The lowest BCUT2D eigenvalue weighted by Crippen LogP contribution is -2.48. The third-order valence-electron chi connectivity index (χ3n) is 3.00. The maximum absolute atomic E-state index is 5.84. The van der Waals surface area contributed by atoms with E-state index >= 15 is 0 Å². The maximum Gasteiger partial charge on any atom is 0.0801 e. The van der Waals surface area contributed by atoms with Crippen LogP contribution in [0.25, 0.3) is 0 Å². The van der Waals surface area contributed by atoms with Crippen LogP contribution in [0.5, 0.6) is 0 Å². The van der Waals surface area contributed by atoms with E-state index in [-0.39, 0.29) is 5.60 Å². The minimum atomic E-state index is -0.0741. The van der Waals surface area contributed by atoms with E-state index in [1.54, 1.807) is 0 Å². The van der Waals surface area contributed by atoms with Crippen molar-refractivity contribution in [3.8, 4) is 0 Å². The van der Waals surface area contributed by atoms with Gasteiger partial charge in [0.1, 0.15) is 0 Å². The predicted octanol–water partition coefficient (Wildman–Crippen LogP) is 2.19. The maximum atomic E-state index is 5.84. The molecule has 0 saturated carbocycles. The molecule has 3 heteroatoms. The number of hydrogen-bond donors (Lipinski definition) is 1. The average Bonchev–Trinajstić information content (AvgIpc) is 2.20. The van der Waals surface area contributed by atoms with Crippen molar-refractivity contribution in [1.82, 2.24) is 0 Å². The minimum Gasteiger partial charge on any atom is -0.399 e. The highest BCUT2D eigenvalue weighted by Gasteiger charge is 2.27. The fraction of sp³-hybridized carbons (Fsp3) is 0.538. The van der Waals surface area contributed by atoms with E-state index in [1.165, 1.54) is 11.3 Å². The zero-order chi connectivity index (χ0) is 11.8. The molecule has 1 fully saturated rings. The van der Waals surface area contributed by atoms with Crippen LogP contribution in [0.3, 0.4) is 0 Å². The zero-order valence-electron chi connectivity index (χ0n) is 10.3. The van der Waals surface area contributed by atoms with Crippen LogP contribution in [-0.2, 0) is 4.74 Å². The van der Waals surface area contributed by atoms with Crippen LogP contribution in [0.15, 0.2) is 18.2 Å². The molecule has 0 spiro atoms. The molecule has 0 atom stereocenters. The van der Waals surface area contributed by atoms with E-state index in [1.807, 2.05) is 6.07 Å². The number of hydrogen-bond acceptors (Lipinski definition) is 3. The lowest BCUT2D eigenvalue weighted by Gasteiger charge is -2.40. The van der Waals surface area contributed by atoms with Crippen molar-refractivity contribution >= 4 is 11.4 Å². The lowest BCUT2D eigenvalue weighted by atomic mass is 10.1. The molecule has 0 amide bonds. The fourth-order valence-electron chi connectivity index (χ4n) is 2.19. The van der Waals surface area contributed by atoms with Crippen molar-refractivity contribution in [2.45, 2.75) is 26.4 Å². The number of aryl methyl sites for hydroxylation is 1. The number of morpholine rings is 1. The Labute approximate surface area is 97.2 Å². The largest absolute Gasteiger partial charge is 0.399 e. The molecule has 16 heavy (non-hydrogen) atoms. The van der Waals surface area contributed by atoms with Crippen molar-refractivity contribution < 1.29 is 4.74 Å². The summed E-state index contributed by atoms with van der Waals surface area (Å²) in [6, 6.07) is 6.08. The van der Waals surface area contributed by atoms with Gasteiger partial charge in [0, 0.05) is 24.5 Å². The van der Waals surface area contributed by atoms with Crippen molar-refractivity contribution in [3.05, 3.63) is 23.8 Å². The number of rotatable bonds is 1. The first kappa shape index (κ1) is 11.3. The summed E-state index contributed by atoms with van der Waals surface area (Å²) in [5.41, 5.74) is 9.10. The van der Waals surface area contributed by atoms with Gasteiger partial charge in [0.2, 0.25) is 0 Å². The summed E-state index contributed by atoms with van der Waals surface area (Å²) in [7, 11) is 0. The van der Waals surface area contributed by atoms with E-state index in [0.29, 0.717) is 0 Å². The Morgan fingerprint density at radius 2 is 2.12 bits per heavy atom. The molecule has 0 radical (unpaired) electrons. The molecule has 1 aromatic rings. The van der Waals surface area contributed by atoms with Crippen molar-refractivity contribution in [2.75, 3.05) is 30.3 Å². The van der Waals surface area contributed by atoms with Crippen LogP contribution in [-0.4, -0.2) is 25.3 Å². The van der Waals surface area contributed by atoms with Gasteiger partial charge in [0.15, 0.2) is 0 Å². The van der Waals surface area contributed by atoms with Gasteiger partial charge < -0.3 is 15.4 Å². The summed E-state index contributed by atoms with van der Waals surface area (Å²) in [5, 5.41) is 0. The molecule has 1 aliphatic rings. The normalized spacial score (nSPS) is 19.8. The first-order chi connectivity index (χ1) is 7.48. The summed E-state index contributed by atoms with van der Waals surface area (Å²) < 4.78 is 5.71. The summed E-state index contributed by atoms with van der Waals surface area (Å²) >= 11 is 0. The third kappa shape index (κ3) is 2.30. The smallest absolute Gasteiger partial charge is 0.0801 e. The van der Waals surface area contributed by atoms with Crippen LogP contribution in [0.1, 0.15) is 19.4 Å². The van der Waals surface area contributed by atoms with Gasteiger partial charge in [-0.2, -0.15) is 0 Å². The quantitative estimate of drug-likeness (QED) is 0.737. The van der Waals surface area contributed by atoms with Crippen molar-refractivity contribution in [3.63, 3.8) is 0 Å². The second-order valence-electron chi connectivity index (χ2n) is 5.08. The van der Waals surface area contributed by atoms with E-state index in [4.69, 9.17) is 10.5 Å². The molecule has 2 N–H and O–H groups in total. The third-order valence-corrected chi connectivity index (χ3v) is 3.00. The van der Waals surface area contributed by atoms with Gasteiger partial charge in [-0.25, -0.2) is 0 Å². The molecule has 0 unspecified atom stereocenters. The number of nitrogen functional groups attached to an aromatic ring is 1. The predicted molar refractivity (Wildman–Crippen MR) is 67.8 cm³/mol. The van der Waals surface area contributed by atoms with Gasteiger partial charge in [-0.1, -0.05) is 6.07 Å². The number of nitrogens with two attached hydrogens (primary N) is 1. The molecule has 1 aliphatic heterocycles. The molecular weight excluding hydrogens is 200 g/mol. The Bertz CT molecular complexity index is 388. The van der Waals surface area contributed by atoms with Crippen LogP contribution < -0.4 is 10.6 Å². The van der Waals surface area contributed by atoms with Crippen LogP contribution >= 0.6 is 0 Å². The standard InChI is InChI=1S/C13H20N2O/c1-10-4-5-11(14)8-12(10)15-6-7-16-13(2,3)9-15/h4-5,8H,6-7,9,14H2,1-3H3. The van der Waals surface area contributed by atoms with E-state index in [2.05, 4.69) is 37.8 Å². The highest BCUT2D eigenvalue weighted by Crippen LogP contribution is 2.27. The van der Waals surface area contributed by atoms with Crippen molar-refractivity contribution in [2.24, 2.45) is 0 Å². The molecule has 1 aromatic carbocycles. The van der Waals surface area contributed by atoms with Gasteiger partial charge in [0.25, 0.3) is 0 Å². The minimum absolute atomic E-state index is 0.0741. The molecule has 3 nitrogen and oxygen atoms in total. The average molecular weight is 220 g/mol.